The van der Waals surface area contributed by atoms with E-state index in [0.717, 1.165) is 24.1 Å². The molecule has 1 heterocycles. The summed E-state index contributed by atoms with van der Waals surface area (Å²) in [5.41, 5.74) is 4.94. The van der Waals surface area contributed by atoms with Gasteiger partial charge in [0.15, 0.2) is 0 Å². The Hall–Kier alpha value is -2.67. The lowest BCUT2D eigenvalue weighted by atomic mass is 9.85. The molecule has 0 spiro atoms. The van der Waals surface area contributed by atoms with E-state index in [1.807, 2.05) is 27.0 Å². The molecule has 0 aliphatic heterocycles. The van der Waals surface area contributed by atoms with E-state index in [0.29, 0.717) is 5.92 Å². The number of rotatable bonds is 4. The van der Waals surface area contributed by atoms with Gasteiger partial charge in [-0.05, 0) is 63.5 Å². The van der Waals surface area contributed by atoms with Crippen LogP contribution in [0.25, 0.3) is 16.3 Å². The van der Waals surface area contributed by atoms with E-state index in [1.54, 1.807) is 0 Å². The Morgan fingerprint density at radius 1 is 1.09 bits per heavy atom. The van der Waals surface area contributed by atoms with Gasteiger partial charge in [0.2, 0.25) is 0 Å². The predicted octanol–water partition coefficient (Wildman–Crippen LogP) is 10.1. The molecule has 3 rings (SSSR count). The van der Waals surface area contributed by atoms with E-state index in [2.05, 4.69) is 113 Å². The van der Waals surface area contributed by atoms with E-state index in [-0.39, 0.29) is 0 Å². The standard InChI is InChI=1S/C19H19N.C7H12.C3H8.C2H6/c1-2-3-8-15-9-4-6-11-17(15)19-18-12-7-5-10-16(18)13-14-20-19;1-6(2)5-7(3)4;1-3-2;1-2/h2-7,10-15H,8-9H2,1H3;5H,1H2,2-4H3;3H2,1-2H3;1-2H3. The number of benzene rings is 1. The molecule has 1 aliphatic carbocycles. The van der Waals surface area contributed by atoms with Crippen LogP contribution in [-0.2, 0) is 0 Å². The second-order valence-corrected chi connectivity index (χ2v) is 7.94. The Bertz CT molecular complexity index is 900. The maximum Gasteiger partial charge on any atom is 0.0742 e. The monoisotopic (exact) mass is 431 g/mol. The van der Waals surface area contributed by atoms with Crippen LogP contribution in [0.2, 0.25) is 0 Å². The van der Waals surface area contributed by atoms with Crippen LogP contribution >= 0.6 is 0 Å². The molecular formula is C31H45N. The second-order valence-electron chi connectivity index (χ2n) is 7.94. The molecule has 1 heteroatoms. The van der Waals surface area contributed by atoms with Gasteiger partial charge in [-0.1, -0.05) is 113 Å². The molecule has 0 fully saturated rings. The average molecular weight is 432 g/mol. The molecule has 1 aliphatic rings. The molecule has 0 saturated heterocycles. The van der Waals surface area contributed by atoms with Crippen molar-refractivity contribution in [2.45, 2.75) is 74.7 Å². The fourth-order valence-electron chi connectivity index (χ4n) is 3.32. The minimum Gasteiger partial charge on any atom is -0.256 e. The Kier molecular flexibility index (Phi) is 16.5. The number of pyridine rings is 1. The summed E-state index contributed by atoms with van der Waals surface area (Å²) in [6, 6.07) is 10.6. The Morgan fingerprint density at radius 2 is 1.75 bits per heavy atom. The van der Waals surface area contributed by atoms with Crippen molar-refractivity contribution in [3.63, 3.8) is 0 Å². The molecule has 32 heavy (non-hydrogen) atoms. The van der Waals surface area contributed by atoms with Crippen LogP contribution in [0, 0.1) is 5.92 Å². The summed E-state index contributed by atoms with van der Waals surface area (Å²) in [6.07, 6.45) is 18.4. The largest absolute Gasteiger partial charge is 0.256 e. The molecule has 1 unspecified atom stereocenters. The SMILES string of the molecule is C=C(C)C=C(C)C.CC.CC=CCC1CC=CC=C1c1nccc2ccccc12.CCC. The summed E-state index contributed by atoms with van der Waals surface area (Å²) in [5.74, 6) is 0.537. The van der Waals surface area contributed by atoms with Crippen molar-refractivity contribution < 1.29 is 0 Å². The van der Waals surface area contributed by atoms with Crippen LogP contribution < -0.4 is 0 Å². The van der Waals surface area contributed by atoms with Gasteiger partial charge in [-0.3, -0.25) is 4.98 Å². The predicted molar refractivity (Wildman–Crippen MR) is 148 cm³/mol. The minimum absolute atomic E-state index is 0.537. The van der Waals surface area contributed by atoms with Gasteiger partial charge in [0, 0.05) is 11.6 Å². The van der Waals surface area contributed by atoms with Crippen molar-refractivity contribution in [2.75, 3.05) is 0 Å². The zero-order valence-electron chi connectivity index (χ0n) is 21.8. The van der Waals surface area contributed by atoms with Crippen molar-refractivity contribution in [1.82, 2.24) is 4.98 Å². The van der Waals surface area contributed by atoms with Gasteiger partial charge in [0.25, 0.3) is 0 Å². The first-order valence-corrected chi connectivity index (χ1v) is 12.1. The Balaban J connectivity index is 0.000000674. The highest BCUT2D eigenvalue weighted by molar-refractivity contribution is 5.92. The van der Waals surface area contributed by atoms with Crippen LogP contribution in [0.3, 0.4) is 0 Å². The molecule has 0 bridgehead atoms. The summed E-state index contributed by atoms with van der Waals surface area (Å²) in [5, 5.41) is 2.51. The number of fused-ring (bicyclic) bond motifs is 1. The van der Waals surface area contributed by atoms with Gasteiger partial charge in [0.1, 0.15) is 0 Å². The highest BCUT2D eigenvalue weighted by atomic mass is 14.7. The quantitative estimate of drug-likeness (QED) is 0.346. The third-order valence-electron chi connectivity index (χ3n) is 4.41. The number of aromatic nitrogens is 1. The van der Waals surface area contributed by atoms with Gasteiger partial charge in [-0.15, -0.1) is 0 Å². The van der Waals surface area contributed by atoms with E-state index in [4.69, 9.17) is 0 Å². The number of allylic oxidation sites excluding steroid dienone is 9. The lowest BCUT2D eigenvalue weighted by molar-refractivity contribution is 0.686. The lowest BCUT2D eigenvalue weighted by Crippen LogP contribution is -2.06. The number of hydrogen-bond donors (Lipinski definition) is 0. The van der Waals surface area contributed by atoms with Crippen molar-refractivity contribution in [2.24, 2.45) is 5.92 Å². The van der Waals surface area contributed by atoms with Gasteiger partial charge < -0.3 is 0 Å². The first-order valence-electron chi connectivity index (χ1n) is 12.1. The maximum atomic E-state index is 4.66. The topological polar surface area (TPSA) is 12.9 Å². The highest BCUT2D eigenvalue weighted by Gasteiger charge is 2.18. The molecule has 1 aromatic heterocycles. The van der Waals surface area contributed by atoms with Gasteiger partial charge in [-0.25, -0.2) is 0 Å². The van der Waals surface area contributed by atoms with Crippen LogP contribution in [0.4, 0.5) is 0 Å². The zero-order valence-corrected chi connectivity index (χ0v) is 21.8. The molecule has 2 aromatic rings. The molecule has 0 radical (unpaired) electrons. The third-order valence-corrected chi connectivity index (χ3v) is 4.41. The van der Waals surface area contributed by atoms with E-state index in [1.165, 1.54) is 28.3 Å². The van der Waals surface area contributed by atoms with Gasteiger partial charge in [-0.2, -0.15) is 0 Å². The summed E-state index contributed by atoms with van der Waals surface area (Å²) in [6.45, 7) is 20.2. The maximum absolute atomic E-state index is 4.66. The minimum atomic E-state index is 0.537. The summed E-state index contributed by atoms with van der Waals surface area (Å²) in [4.78, 5) is 4.66. The van der Waals surface area contributed by atoms with E-state index >= 15 is 0 Å². The molecule has 1 nitrogen and oxygen atoms in total. The van der Waals surface area contributed by atoms with Gasteiger partial charge >= 0.3 is 0 Å². The first-order chi connectivity index (χ1) is 15.4. The van der Waals surface area contributed by atoms with Crippen molar-refractivity contribution in [3.8, 4) is 0 Å². The molecule has 1 atom stereocenters. The van der Waals surface area contributed by atoms with Crippen molar-refractivity contribution >= 4 is 16.3 Å². The van der Waals surface area contributed by atoms with Crippen molar-refractivity contribution in [1.29, 1.82) is 0 Å². The fraction of sp³-hybridized carbons (Fsp3) is 0.387. The van der Waals surface area contributed by atoms with Gasteiger partial charge in [0.05, 0.1) is 5.69 Å². The second kappa shape index (κ2) is 18.0. The number of hydrogen-bond acceptors (Lipinski definition) is 1. The van der Waals surface area contributed by atoms with Crippen molar-refractivity contribution in [3.05, 3.63) is 96.4 Å². The summed E-state index contributed by atoms with van der Waals surface area (Å²) >= 11 is 0. The van der Waals surface area contributed by atoms with Crippen LogP contribution in [0.5, 0.6) is 0 Å². The normalized spacial score (nSPS) is 14.1. The smallest absolute Gasteiger partial charge is 0.0742 e. The molecular weight excluding hydrogens is 386 g/mol. The lowest BCUT2D eigenvalue weighted by Gasteiger charge is -2.21. The van der Waals surface area contributed by atoms with Crippen LogP contribution in [0.1, 0.15) is 80.3 Å². The average Bonchev–Trinajstić information content (AvgIpc) is 2.79. The Morgan fingerprint density at radius 3 is 2.31 bits per heavy atom. The summed E-state index contributed by atoms with van der Waals surface area (Å²) in [7, 11) is 0. The molecule has 0 amide bonds. The summed E-state index contributed by atoms with van der Waals surface area (Å²) < 4.78 is 0. The zero-order chi connectivity index (χ0) is 24.4. The van der Waals surface area contributed by atoms with Crippen LogP contribution in [0.15, 0.2) is 90.7 Å². The highest BCUT2D eigenvalue weighted by Crippen LogP contribution is 2.34. The first kappa shape index (κ1) is 29.3. The fourth-order valence-corrected chi connectivity index (χ4v) is 3.32. The van der Waals surface area contributed by atoms with E-state index < -0.39 is 0 Å². The Labute approximate surface area is 198 Å². The third kappa shape index (κ3) is 11.1. The van der Waals surface area contributed by atoms with Crippen LogP contribution in [-0.4, -0.2) is 4.98 Å². The molecule has 174 valence electrons. The molecule has 0 N–H and O–H groups in total. The molecule has 0 saturated carbocycles. The molecule has 1 aromatic carbocycles. The number of nitrogens with zero attached hydrogens (tertiary/aromatic N) is 1. The van der Waals surface area contributed by atoms with E-state index in [9.17, 15) is 0 Å².